The fraction of sp³-hybridized carbons (Fsp3) is 0.412. The van der Waals surface area contributed by atoms with Crippen LogP contribution >= 0.6 is 0 Å². The topological polar surface area (TPSA) is 35.6 Å². The van der Waals surface area contributed by atoms with Crippen molar-refractivity contribution in [1.29, 1.82) is 0 Å². The van der Waals surface area contributed by atoms with Gasteiger partial charge < -0.3 is 4.57 Å². The van der Waals surface area contributed by atoms with Gasteiger partial charge in [0, 0.05) is 6.20 Å². The standard InChI is InChI=1S/C17H22N4/c1-4-15(5-2)21-11-10-14(19-21)12-20-13(3)18-16-8-6-7-9-17(16)20/h6-11,15H,4-5,12H2,1-3H3. The number of nitrogens with zero attached hydrogens (tertiary/aromatic N) is 4. The van der Waals surface area contributed by atoms with Crippen LogP contribution in [0.3, 0.4) is 0 Å². The van der Waals surface area contributed by atoms with Crippen LogP contribution in [0.5, 0.6) is 0 Å². The first-order chi connectivity index (χ1) is 10.2. The van der Waals surface area contributed by atoms with Crippen LogP contribution in [-0.2, 0) is 6.54 Å². The van der Waals surface area contributed by atoms with Crippen molar-refractivity contribution >= 4 is 11.0 Å². The maximum absolute atomic E-state index is 4.74. The highest BCUT2D eigenvalue weighted by molar-refractivity contribution is 5.75. The van der Waals surface area contributed by atoms with Crippen molar-refractivity contribution in [3.05, 3.63) is 48.0 Å². The van der Waals surface area contributed by atoms with E-state index in [4.69, 9.17) is 5.10 Å². The lowest BCUT2D eigenvalue weighted by Gasteiger charge is -2.12. The fourth-order valence-corrected chi connectivity index (χ4v) is 2.89. The summed E-state index contributed by atoms with van der Waals surface area (Å²) in [7, 11) is 0. The van der Waals surface area contributed by atoms with Gasteiger partial charge in [-0.05, 0) is 38.0 Å². The molecule has 0 bridgehead atoms. The molecule has 4 heteroatoms. The second-order valence-corrected chi connectivity index (χ2v) is 5.49. The first-order valence-electron chi connectivity index (χ1n) is 7.68. The number of benzene rings is 1. The Balaban J connectivity index is 1.90. The molecule has 4 nitrogen and oxygen atoms in total. The Morgan fingerprint density at radius 3 is 2.62 bits per heavy atom. The molecule has 0 N–H and O–H groups in total. The summed E-state index contributed by atoms with van der Waals surface area (Å²) < 4.78 is 4.33. The van der Waals surface area contributed by atoms with Gasteiger partial charge >= 0.3 is 0 Å². The van der Waals surface area contributed by atoms with Gasteiger partial charge in [-0.15, -0.1) is 0 Å². The van der Waals surface area contributed by atoms with Crippen molar-refractivity contribution in [1.82, 2.24) is 19.3 Å². The number of hydrogen-bond acceptors (Lipinski definition) is 2. The number of aromatic nitrogens is 4. The number of rotatable bonds is 5. The lowest BCUT2D eigenvalue weighted by atomic mass is 10.2. The van der Waals surface area contributed by atoms with Gasteiger partial charge in [0.05, 0.1) is 29.3 Å². The number of hydrogen-bond donors (Lipinski definition) is 0. The summed E-state index contributed by atoms with van der Waals surface area (Å²) in [6.45, 7) is 7.25. The van der Waals surface area contributed by atoms with Crippen LogP contribution < -0.4 is 0 Å². The minimum Gasteiger partial charge on any atom is -0.322 e. The van der Waals surface area contributed by atoms with Gasteiger partial charge in [-0.25, -0.2) is 4.98 Å². The van der Waals surface area contributed by atoms with Crippen molar-refractivity contribution in [2.75, 3.05) is 0 Å². The second-order valence-electron chi connectivity index (χ2n) is 5.49. The van der Waals surface area contributed by atoms with E-state index in [9.17, 15) is 0 Å². The molecule has 110 valence electrons. The van der Waals surface area contributed by atoms with E-state index in [1.54, 1.807) is 0 Å². The lowest BCUT2D eigenvalue weighted by Crippen LogP contribution is -2.09. The Morgan fingerprint density at radius 2 is 1.86 bits per heavy atom. The molecule has 0 atom stereocenters. The summed E-state index contributed by atoms with van der Waals surface area (Å²) in [5.41, 5.74) is 3.31. The zero-order valence-corrected chi connectivity index (χ0v) is 13.0. The minimum absolute atomic E-state index is 0.499. The largest absolute Gasteiger partial charge is 0.322 e. The maximum atomic E-state index is 4.74. The van der Waals surface area contributed by atoms with Crippen molar-refractivity contribution in [3.63, 3.8) is 0 Å². The van der Waals surface area contributed by atoms with Gasteiger partial charge in [-0.1, -0.05) is 26.0 Å². The highest BCUT2D eigenvalue weighted by atomic mass is 15.3. The molecule has 2 aromatic heterocycles. The Hall–Kier alpha value is -2.10. The van der Waals surface area contributed by atoms with Gasteiger partial charge in [0.25, 0.3) is 0 Å². The smallest absolute Gasteiger partial charge is 0.107 e. The predicted molar refractivity (Wildman–Crippen MR) is 85.4 cm³/mol. The van der Waals surface area contributed by atoms with E-state index in [-0.39, 0.29) is 0 Å². The Labute approximate surface area is 125 Å². The maximum Gasteiger partial charge on any atom is 0.107 e. The van der Waals surface area contributed by atoms with Crippen molar-refractivity contribution < 1.29 is 0 Å². The molecule has 0 amide bonds. The average molecular weight is 282 g/mol. The van der Waals surface area contributed by atoms with Crippen LogP contribution in [0.25, 0.3) is 11.0 Å². The average Bonchev–Trinajstić information content (AvgIpc) is 3.07. The molecule has 1 aromatic carbocycles. The van der Waals surface area contributed by atoms with Gasteiger partial charge in [0.15, 0.2) is 0 Å². The van der Waals surface area contributed by atoms with Crippen LogP contribution in [-0.4, -0.2) is 19.3 Å². The summed E-state index contributed by atoms with van der Waals surface area (Å²) in [5.74, 6) is 1.04. The van der Waals surface area contributed by atoms with E-state index in [1.807, 2.05) is 6.07 Å². The lowest BCUT2D eigenvalue weighted by molar-refractivity contribution is 0.424. The molecule has 0 aliphatic heterocycles. The third-order valence-corrected chi connectivity index (χ3v) is 4.15. The van der Waals surface area contributed by atoms with Crippen molar-refractivity contribution in [2.24, 2.45) is 0 Å². The molecule has 3 aromatic rings. The molecule has 2 heterocycles. The summed E-state index contributed by atoms with van der Waals surface area (Å²) in [4.78, 5) is 4.61. The first kappa shape index (κ1) is 13.9. The highest BCUT2D eigenvalue weighted by Gasteiger charge is 2.11. The Morgan fingerprint density at radius 1 is 1.10 bits per heavy atom. The summed E-state index contributed by atoms with van der Waals surface area (Å²) in [6.07, 6.45) is 4.33. The van der Waals surface area contributed by atoms with Gasteiger partial charge in [-0.2, -0.15) is 5.10 Å². The molecule has 0 spiro atoms. The van der Waals surface area contributed by atoms with Crippen LogP contribution in [0.4, 0.5) is 0 Å². The molecule has 0 saturated heterocycles. The van der Waals surface area contributed by atoms with Gasteiger partial charge in [-0.3, -0.25) is 4.68 Å². The zero-order valence-electron chi connectivity index (χ0n) is 13.0. The van der Waals surface area contributed by atoms with E-state index in [2.05, 4.69) is 65.5 Å². The van der Waals surface area contributed by atoms with E-state index in [0.29, 0.717) is 6.04 Å². The minimum atomic E-state index is 0.499. The van der Waals surface area contributed by atoms with E-state index in [0.717, 1.165) is 36.4 Å². The van der Waals surface area contributed by atoms with Crippen LogP contribution in [0.15, 0.2) is 36.5 Å². The second kappa shape index (κ2) is 5.72. The monoisotopic (exact) mass is 282 g/mol. The van der Waals surface area contributed by atoms with E-state index < -0.39 is 0 Å². The number of aryl methyl sites for hydroxylation is 1. The predicted octanol–water partition coefficient (Wildman–Crippen LogP) is 3.95. The third-order valence-electron chi connectivity index (χ3n) is 4.15. The molecule has 0 unspecified atom stereocenters. The molecule has 0 aliphatic carbocycles. The number of imidazole rings is 1. The summed E-state index contributed by atoms with van der Waals surface area (Å²) in [5, 5.41) is 4.74. The molecular weight excluding hydrogens is 260 g/mol. The fourth-order valence-electron chi connectivity index (χ4n) is 2.89. The number of fused-ring (bicyclic) bond motifs is 1. The van der Waals surface area contributed by atoms with Crippen LogP contribution in [0, 0.1) is 6.92 Å². The SMILES string of the molecule is CCC(CC)n1ccc(Cn2c(C)nc3ccccc32)n1. The summed E-state index contributed by atoms with van der Waals surface area (Å²) >= 11 is 0. The van der Waals surface area contributed by atoms with Crippen molar-refractivity contribution in [2.45, 2.75) is 46.2 Å². The van der Waals surface area contributed by atoms with E-state index >= 15 is 0 Å². The van der Waals surface area contributed by atoms with E-state index in [1.165, 1.54) is 5.52 Å². The highest BCUT2D eigenvalue weighted by Crippen LogP contribution is 2.18. The first-order valence-corrected chi connectivity index (χ1v) is 7.68. The Kier molecular flexibility index (Phi) is 3.78. The number of para-hydroxylation sites is 2. The molecular formula is C17H22N4. The zero-order chi connectivity index (χ0) is 14.8. The molecule has 21 heavy (non-hydrogen) atoms. The van der Waals surface area contributed by atoms with Crippen molar-refractivity contribution in [3.8, 4) is 0 Å². The van der Waals surface area contributed by atoms with Crippen LogP contribution in [0.2, 0.25) is 0 Å². The quantitative estimate of drug-likeness (QED) is 0.710. The molecule has 0 aliphatic rings. The summed E-state index contributed by atoms with van der Waals surface area (Å²) in [6, 6.07) is 10.9. The molecule has 3 rings (SSSR count). The molecule has 0 saturated carbocycles. The molecule has 0 radical (unpaired) electrons. The molecule has 0 fully saturated rings. The van der Waals surface area contributed by atoms with Gasteiger partial charge in [0.1, 0.15) is 5.82 Å². The normalized spacial score (nSPS) is 11.6. The van der Waals surface area contributed by atoms with Gasteiger partial charge in [0.2, 0.25) is 0 Å². The Bertz CT molecular complexity index is 734. The van der Waals surface area contributed by atoms with Crippen LogP contribution in [0.1, 0.15) is 44.2 Å². The third kappa shape index (κ3) is 2.58.